The maximum Gasteiger partial charge on any atom is 0.179 e. The minimum Gasteiger partial charge on any atom is -0.871 e. The minimum absolute atomic E-state index is 0.0851. The van der Waals surface area contributed by atoms with Crippen molar-refractivity contribution in [3.8, 4) is 5.75 Å². The highest BCUT2D eigenvalue weighted by Gasteiger charge is 2.09. The van der Waals surface area contributed by atoms with Crippen LogP contribution in [0.4, 0.5) is 5.69 Å². The van der Waals surface area contributed by atoms with Gasteiger partial charge in [0.2, 0.25) is 0 Å². The largest absolute Gasteiger partial charge is 0.871 e. The van der Waals surface area contributed by atoms with Crippen LogP contribution in [0.15, 0.2) is 48.8 Å². The fraction of sp³-hybridized carbons (Fsp3) is 0. The van der Waals surface area contributed by atoms with Crippen LogP contribution in [-0.2, 0) is 4.79 Å². The maximum atomic E-state index is 11.5. The second-order valence-electron chi connectivity index (χ2n) is 3.46. The maximum absolute atomic E-state index is 11.5. The van der Waals surface area contributed by atoms with Gasteiger partial charge in [0.25, 0.3) is 0 Å². The van der Waals surface area contributed by atoms with Crippen LogP contribution in [0.25, 0.3) is 0 Å². The van der Waals surface area contributed by atoms with Crippen molar-refractivity contribution in [3.05, 3.63) is 43.8 Å². The summed E-state index contributed by atoms with van der Waals surface area (Å²) < 4.78 is 1.49. The van der Waals surface area contributed by atoms with E-state index in [1.54, 1.807) is 18.2 Å². The topological polar surface area (TPSA) is 52.5 Å². The lowest BCUT2D eigenvalue weighted by Gasteiger charge is -2.12. The normalized spacial score (nSPS) is 17.2. The van der Waals surface area contributed by atoms with E-state index in [2.05, 4.69) is 52.8 Å². The van der Waals surface area contributed by atoms with Gasteiger partial charge in [-0.05, 0) is 40.2 Å². The molecule has 92 valence electrons. The molecular weight excluding hydrogens is 430 g/mol. The van der Waals surface area contributed by atoms with E-state index in [1.165, 1.54) is 12.2 Å². The predicted molar refractivity (Wildman–Crippen MR) is 79.5 cm³/mol. The molecule has 1 aliphatic carbocycles. The summed E-state index contributed by atoms with van der Waals surface area (Å²) in [6.45, 7) is 0. The Morgan fingerprint density at radius 3 is 2.22 bits per heavy atom. The van der Waals surface area contributed by atoms with Gasteiger partial charge in [-0.25, -0.2) is 4.99 Å². The van der Waals surface area contributed by atoms with Gasteiger partial charge in [0.1, 0.15) is 0 Å². The van der Waals surface area contributed by atoms with Crippen LogP contribution < -0.4 is 5.11 Å². The van der Waals surface area contributed by atoms with E-state index in [0.717, 1.165) is 0 Å². The Balaban J connectivity index is 2.43. The van der Waals surface area contributed by atoms with Crippen LogP contribution in [0.5, 0.6) is 5.75 Å². The number of rotatable bonds is 1. The quantitative estimate of drug-likeness (QED) is 0.632. The summed E-state index contributed by atoms with van der Waals surface area (Å²) in [6.07, 6.45) is 4.51. The molecule has 0 fully saturated rings. The van der Waals surface area contributed by atoms with E-state index in [1.807, 2.05) is 0 Å². The Hall–Kier alpha value is -0.720. The molecule has 0 radical (unpaired) electrons. The Labute approximate surface area is 129 Å². The highest BCUT2D eigenvalue weighted by molar-refractivity contribution is 9.12. The van der Waals surface area contributed by atoms with Crippen LogP contribution in [0.2, 0.25) is 0 Å². The van der Waals surface area contributed by atoms with Crippen molar-refractivity contribution in [2.24, 2.45) is 4.99 Å². The molecule has 0 atom stereocenters. The molecule has 0 heterocycles. The number of aliphatic imine (C=N–C) groups is 1. The molecule has 6 heteroatoms. The first-order valence-corrected chi connectivity index (χ1v) is 7.19. The van der Waals surface area contributed by atoms with Gasteiger partial charge in [-0.3, -0.25) is 4.79 Å². The van der Waals surface area contributed by atoms with E-state index in [-0.39, 0.29) is 11.5 Å². The summed E-state index contributed by atoms with van der Waals surface area (Å²) in [7, 11) is 0. The predicted octanol–water partition coefficient (Wildman–Crippen LogP) is 3.78. The lowest BCUT2D eigenvalue weighted by molar-refractivity contribution is -0.270. The van der Waals surface area contributed by atoms with E-state index in [0.29, 0.717) is 24.8 Å². The van der Waals surface area contributed by atoms with Gasteiger partial charge >= 0.3 is 0 Å². The third kappa shape index (κ3) is 2.99. The van der Waals surface area contributed by atoms with Crippen LogP contribution in [0.1, 0.15) is 0 Å². The standard InChI is InChI=1S/C12H6Br3NO2/c13-8-5-7(17)1-2-11(8)16-6-3-9(14)12(18)10(15)4-6/h1-5,18H/p-1. The number of nitrogens with zero attached hydrogens (tertiary/aromatic N) is 1. The molecule has 1 aromatic rings. The van der Waals surface area contributed by atoms with Gasteiger partial charge in [-0.1, -0.05) is 37.6 Å². The Morgan fingerprint density at radius 2 is 1.67 bits per heavy atom. The van der Waals surface area contributed by atoms with E-state index < -0.39 is 0 Å². The molecule has 0 bridgehead atoms. The molecule has 0 saturated heterocycles. The summed E-state index contributed by atoms with van der Waals surface area (Å²) in [5.74, 6) is -0.207. The average Bonchev–Trinajstić information content (AvgIpc) is 2.29. The number of allylic oxidation sites excluding steroid dienone is 4. The zero-order chi connectivity index (χ0) is 13.3. The summed E-state index contributed by atoms with van der Waals surface area (Å²) in [5.41, 5.74) is 1.25. The van der Waals surface area contributed by atoms with Crippen LogP contribution >= 0.6 is 47.8 Å². The molecule has 0 amide bonds. The monoisotopic (exact) mass is 432 g/mol. The number of carbonyl (C=O) groups is 1. The van der Waals surface area contributed by atoms with Crippen molar-refractivity contribution in [1.82, 2.24) is 0 Å². The molecule has 0 spiro atoms. The molecule has 0 unspecified atom stereocenters. The summed E-state index contributed by atoms with van der Waals surface area (Å²) >= 11 is 9.63. The van der Waals surface area contributed by atoms with Gasteiger partial charge in [0.15, 0.2) is 5.78 Å². The Morgan fingerprint density at radius 1 is 1.06 bits per heavy atom. The fourth-order valence-electron chi connectivity index (χ4n) is 1.33. The molecular formula is C12H5Br3NO2-. The number of ketones is 1. The van der Waals surface area contributed by atoms with Crippen molar-refractivity contribution < 1.29 is 9.90 Å². The zero-order valence-electron chi connectivity index (χ0n) is 8.78. The lowest BCUT2D eigenvalue weighted by Crippen LogP contribution is -2.03. The number of halogens is 3. The third-order valence-electron chi connectivity index (χ3n) is 2.15. The van der Waals surface area contributed by atoms with Gasteiger partial charge in [0.05, 0.1) is 11.4 Å². The van der Waals surface area contributed by atoms with Crippen molar-refractivity contribution in [2.75, 3.05) is 0 Å². The molecule has 1 aromatic carbocycles. The molecule has 3 nitrogen and oxygen atoms in total. The number of hydrogen-bond donors (Lipinski definition) is 0. The summed E-state index contributed by atoms with van der Waals surface area (Å²) in [6, 6.07) is 3.26. The fourth-order valence-corrected chi connectivity index (χ4v) is 2.94. The Bertz CT molecular complexity index is 595. The molecule has 0 aromatic heterocycles. The first-order valence-electron chi connectivity index (χ1n) is 4.82. The van der Waals surface area contributed by atoms with Gasteiger partial charge in [-0.15, -0.1) is 0 Å². The van der Waals surface area contributed by atoms with Crippen molar-refractivity contribution in [3.63, 3.8) is 0 Å². The first-order chi connectivity index (χ1) is 8.47. The Kier molecular flexibility index (Phi) is 4.19. The molecule has 2 rings (SSSR count). The molecule has 0 N–H and O–H groups in total. The van der Waals surface area contributed by atoms with Gasteiger partial charge < -0.3 is 5.11 Å². The zero-order valence-corrected chi connectivity index (χ0v) is 13.5. The number of benzene rings is 1. The SMILES string of the molecule is O=C1C=CC(=Nc2cc(Br)c([O-])c(Br)c2)C(Br)=C1. The molecule has 0 saturated carbocycles. The molecule has 0 aliphatic heterocycles. The van der Waals surface area contributed by atoms with Crippen LogP contribution in [0, 0.1) is 0 Å². The second-order valence-corrected chi connectivity index (χ2v) is 6.03. The smallest absolute Gasteiger partial charge is 0.179 e. The lowest BCUT2D eigenvalue weighted by atomic mass is 10.1. The number of hydrogen-bond acceptors (Lipinski definition) is 3. The third-order valence-corrected chi connectivity index (χ3v) is 3.96. The average molecular weight is 435 g/mol. The number of carbonyl (C=O) groups excluding carboxylic acids is 1. The van der Waals surface area contributed by atoms with Crippen LogP contribution in [-0.4, -0.2) is 11.5 Å². The molecule has 18 heavy (non-hydrogen) atoms. The molecule has 1 aliphatic rings. The van der Waals surface area contributed by atoms with Crippen molar-refractivity contribution in [1.29, 1.82) is 0 Å². The van der Waals surface area contributed by atoms with Gasteiger partial charge in [0, 0.05) is 19.5 Å². The van der Waals surface area contributed by atoms with E-state index >= 15 is 0 Å². The second kappa shape index (κ2) is 5.50. The highest BCUT2D eigenvalue weighted by Crippen LogP contribution is 2.34. The first kappa shape index (κ1) is 13.7. The van der Waals surface area contributed by atoms with E-state index in [4.69, 9.17) is 0 Å². The van der Waals surface area contributed by atoms with E-state index in [9.17, 15) is 9.90 Å². The summed E-state index contributed by atoms with van der Waals surface area (Å²) in [5, 5.41) is 11.5. The highest BCUT2D eigenvalue weighted by atomic mass is 79.9. The van der Waals surface area contributed by atoms with Gasteiger partial charge in [-0.2, -0.15) is 0 Å². The van der Waals surface area contributed by atoms with Crippen molar-refractivity contribution >= 4 is 65.0 Å². The van der Waals surface area contributed by atoms with Crippen molar-refractivity contribution in [2.45, 2.75) is 0 Å². The minimum atomic E-state index is -0.122. The van der Waals surface area contributed by atoms with Crippen LogP contribution in [0.3, 0.4) is 0 Å². The summed E-state index contributed by atoms with van der Waals surface area (Å²) in [4.78, 5) is 15.5.